The zero-order chi connectivity index (χ0) is 42.0. The van der Waals surface area contributed by atoms with Crippen LogP contribution in [0.3, 0.4) is 0 Å². The Morgan fingerprint density at radius 3 is 1.93 bits per heavy atom. The number of likely N-dealkylation sites (tertiary alicyclic amines) is 1. The minimum atomic E-state index is -4.79. The molecule has 0 saturated carbocycles. The molecule has 5 atom stereocenters. The number of thioether (sulfide) groups is 1. The first-order chi connectivity index (χ1) is 26.1. The van der Waals surface area contributed by atoms with Crippen molar-refractivity contribution in [2.75, 3.05) is 65.1 Å². The highest BCUT2D eigenvalue weighted by Gasteiger charge is 2.39. The van der Waals surface area contributed by atoms with Crippen LogP contribution in [0.5, 0.6) is 5.75 Å². The van der Waals surface area contributed by atoms with Crippen LogP contribution in [-0.2, 0) is 64.3 Å². The van der Waals surface area contributed by atoms with Crippen molar-refractivity contribution in [3.05, 3.63) is 34.4 Å². The molecule has 1 aliphatic heterocycles. The van der Waals surface area contributed by atoms with Gasteiger partial charge >= 0.3 is 42.9 Å². The number of esters is 1. The van der Waals surface area contributed by atoms with Gasteiger partial charge in [0.1, 0.15) is 5.25 Å². The molecule has 1 aromatic rings. The molecule has 1 heterocycles. The average Bonchev–Trinajstić information content (AvgIpc) is 3.37. The Morgan fingerprint density at radius 1 is 0.839 bits per heavy atom. The van der Waals surface area contributed by atoms with Gasteiger partial charge in [-0.2, -0.15) is 0 Å². The van der Waals surface area contributed by atoms with Crippen LogP contribution in [-0.4, -0.2) is 122 Å². The zero-order valence-electron chi connectivity index (χ0n) is 29.8. The Labute approximate surface area is 324 Å². The van der Waals surface area contributed by atoms with Gasteiger partial charge in [-0.3, -0.25) is 56.2 Å². The molecule has 1 amide bonds. The Morgan fingerprint density at radius 2 is 1.38 bits per heavy atom. The van der Waals surface area contributed by atoms with E-state index < -0.39 is 106 Å². The number of unbranched alkanes of at least 4 members (excludes halogenated alkanes) is 2. The van der Waals surface area contributed by atoms with E-state index in [0.29, 0.717) is 19.3 Å². The predicted octanol–water partition coefficient (Wildman–Crippen LogP) is 3.11. The third kappa shape index (κ3) is 20.6. The Kier molecular flexibility index (Phi) is 21.7. The second-order valence-electron chi connectivity index (χ2n) is 11.4. The smallest absolute Gasteiger partial charge is 0.419 e. The summed E-state index contributed by atoms with van der Waals surface area (Å²) in [5, 5.41) is 10.0. The van der Waals surface area contributed by atoms with Crippen molar-refractivity contribution >= 4 is 66.4 Å². The summed E-state index contributed by atoms with van der Waals surface area (Å²) in [4.78, 5) is 95.7. The van der Waals surface area contributed by atoms with Crippen molar-refractivity contribution in [2.24, 2.45) is 5.92 Å². The molecule has 2 rings (SSSR count). The Hall–Kier alpha value is -1.98. The molecule has 0 aliphatic carbocycles. The van der Waals surface area contributed by atoms with Gasteiger partial charge in [0.2, 0.25) is 11.7 Å². The van der Waals surface area contributed by atoms with Crippen molar-refractivity contribution in [3.8, 4) is 5.75 Å². The number of phosphoric ester groups is 4. The Balaban J connectivity index is 1.57. The highest BCUT2D eigenvalue weighted by molar-refractivity contribution is 8.01. The number of hydrogen-bond acceptors (Lipinski definition) is 18. The van der Waals surface area contributed by atoms with Crippen LogP contribution in [0.4, 0.5) is 5.69 Å². The minimum absolute atomic E-state index is 0.0146. The molecule has 29 heteroatoms. The molecule has 1 fully saturated rings. The first-order valence-electron chi connectivity index (χ1n) is 16.6. The van der Waals surface area contributed by atoms with Gasteiger partial charge in [0.15, 0.2) is 5.78 Å². The number of benzene rings is 1. The highest BCUT2D eigenvalue weighted by Crippen LogP contribution is 2.47. The molecule has 0 bridgehead atoms. The van der Waals surface area contributed by atoms with Crippen molar-refractivity contribution in [3.63, 3.8) is 0 Å². The van der Waals surface area contributed by atoms with Crippen molar-refractivity contribution < 1.29 is 98.4 Å². The highest BCUT2D eigenvalue weighted by atomic mass is 32.2. The van der Waals surface area contributed by atoms with E-state index in [1.54, 1.807) is 6.92 Å². The van der Waals surface area contributed by atoms with Crippen LogP contribution in [0.25, 0.3) is 0 Å². The number of hydrogen-bond donors (Lipinski definition) is 5. The SMILES string of the molecule is CCC(COP(=O)(O)O)COP(=O)(O)OCCOP(=O)(O)OCCOP(=O)(O)OCCSC1C(=O)CN(CCCCCC(=O)Oc2ccccc2[N+](=O)[O-])C1=O. The fourth-order valence-electron chi connectivity index (χ4n) is 4.35. The van der Waals surface area contributed by atoms with Gasteiger partial charge < -0.3 is 34.1 Å². The van der Waals surface area contributed by atoms with Crippen LogP contribution in [0.2, 0.25) is 0 Å². The number of ketones is 1. The lowest BCUT2D eigenvalue weighted by atomic mass is 10.1. The lowest BCUT2D eigenvalue weighted by Crippen LogP contribution is -2.29. The molecule has 0 spiro atoms. The van der Waals surface area contributed by atoms with E-state index in [1.807, 2.05) is 0 Å². The largest absolute Gasteiger partial charge is 0.472 e. The van der Waals surface area contributed by atoms with Gasteiger partial charge in [0.25, 0.3) is 0 Å². The lowest BCUT2D eigenvalue weighted by Gasteiger charge is -2.18. The summed E-state index contributed by atoms with van der Waals surface area (Å²) < 4.78 is 84.1. The summed E-state index contributed by atoms with van der Waals surface area (Å²) in [5.41, 5.74) is -0.336. The van der Waals surface area contributed by atoms with E-state index in [1.165, 1.54) is 29.2 Å². The summed E-state index contributed by atoms with van der Waals surface area (Å²) in [6.45, 7) is -2.57. The quantitative estimate of drug-likeness (QED) is 0.0141. The normalized spacial score (nSPS) is 18.6. The molecule has 56 heavy (non-hydrogen) atoms. The van der Waals surface area contributed by atoms with E-state index >= 15 is 0 Å². The minimum Gasteiger partial charge on any atom is -0.419 e. The standard InChI is InChI=1S/C27H44N2O22P4S/c1-2-21(19-49-52(35,36)37)20-50-55(42,43)47-15-14-45-53(38,39)44-12-13-46-54(40,41)48-16-17-56-26-23(30)18-28(27(26)32)11-7-3-4-10-25(31)51-24-9-6-5-8-22(24)29(33)34/h5-6,8-9,21,26H,2-4,7,10-20H2,1H3,(H,38,39)(H,40,41)(H,42,43)(H2,35,36,37). The molecular formula is C27H44N2O22P4S. The molecule has 5 N–H and O–H groups in total. The van der Waals surface area contributed by atoms with E-state index in [0.717, 1.165) is 11.8 Å². The molecule has 320 valence electrons. The van der Waals surface area contributed by atoms with Crippen molar-refractivity contribution in [2.45, 2.75) is 44.3 Å². The fourth-order valence-corrected chi connectivity index (χ4v) is 8.01. The number of carbonyl (C=O) groups excluding carboxylic acids is 3. The van der Waals surface area contributed by atoms with Crippen molar-refractivity contribution in [1.29, 1.82) is 0 Å². The molecule has 1 aromatic carbocycles. The van der Waals surface area contributed by atoms with Crippen LogP contribution >= 0.6 is 43.1 Å². The number of para-hydroxylation sites is 2. The molecular weight excluding hydrogens is 860 g/mol. The lowest BCUT2D eigenvalue weighted by molar-refractivity contribution is -0.385. The first-order valence-corrected chi connectivity index (χ1v) is 23.6. The maximum absolute atomic E-state index is 12.7. The summed E-state index contributed by atoms with van der Waals surface area (Å²) >= 11 is 0.890. The first kappa shape index (κ1) is 50.2. The summed E-state index contributed by atoms with van der Waals surface area (Å²) in [6.07, 6.45) is 1.60. The number of Topliss-reactive ketones (excluding diaryl/α,β-unsaturated/α-hetero) is 1. The number of nitro benzene ring substituents is 1. The van der Waals surface area contributed by atoms with Crippen LogP contribution in [0, 0.1) is 16.0 Å². The van der Waals surface area contributed by atoms with Gasteiger partial charge in [-0.15, -0.1) is 11.8 Å². The second kappa shape index (κ2) is 24.2. The van der Waals surface area contributed by atoms with Gasteiger partial charge in [-0.1, -0.05) is 25.5 Å². The monoisotopic (exact) mass is 904 g/mol. The summed E-state index contributed by atoms with van der Waals surface area (Å²) in [6, 6.07) is 5.47. The average molecular weight is 905 g/mol. The van der Waals surface area contributed by atoms with E-state index in [-0.39, 0.29) is 48.9 Å². The van der Waals surface area contributed by atoms with E-state index in [2.05, 4.69) is 22.6 Å². The van der Waals surface area contributed by atoms with Crippen LogP contribution in [0.1, 0.15) is 39.0 Å². The number of rotatable bonds is 30. The van der Waals surface area contributed by atoms with Crippen molar-refractivity contribution in [1.82, 2.24) is 4.90 Å². The van der Waals surface area contributed by atoms with Gasteiger partial charge in [-0.05, 0) is 25.3 Å². The number of nitrogens with zero attached hydrogens (tertiary/aromatic N) is 2. The van der Waals surface area contributed by atoms with E-state index in [4.69, 9.17) is 23.6 Å². The molecule has 1 aliphatic rings. The summed E-state index contributed by atoms with van der Waals surface area (Å²) in [7, 11) is -18.9. The number of carbonyl (C=O) groups is 3. The Bertz CT molecular complexity index is 1660. The van der Waals surface area contributed by atoms with E-state index in [9.17, 15) is 57.4 Å². The van der Waals surface area contributed by atoms with Gasteiger partial charge in [-0.25, -0.2) is 18.3 Å². The molecule has 5 unspecified atom stereocenters. The maximum Gasteiger partial charge on any atom is 0.472 e. The van der Waals surface area contributed by atoms with Gasteiger partial charge in [0, 0.05) is 30.7 Å². The molecule has 1 saturated heterocycles. The topological polar surface area (TPSA) is 341 Å². The van der Waals surface area contributed by atoms with Crippen LogP contribution < -0.4 is 4.74 Å². The van der Waals surface area contributed by atoms with Gasteiger partial charge in [0.05, 0.1) is 57.7 Å². The number of ether oxygens (including phenoxy) is 1. The number of amides is 1. The third-order valence-electron chi connectivity index (χ3n) is 7.11. The number of phosphoric acid groups is 4. The zero-order valence-corrected chi connectivity index (χ0v) is 34.2. The fraction of sp³-hybridized carbons (Fsp3) is 0.667. The molecule has 24 nitrogen and oxygen atoms in total. The molecule has 0 radical (unpaired) electrons. The maximum atomic E-state index is 12.7. The third-order valence-corrected chi connectivity index (χ3v) is 11.8. The summed E-state index contributed by atoms with van der Waals surface area (Å²) in [5.74, 6) is -2.36. The van der Waals surface area contributed by atoms with Crippen LogP contribution in [0.15, 0.2) is 24.3 Å². The predicted molar refractivity (Wildman–Crippen MR) is 192 cm³/mol. The second-order valence-corrected chi connectivity index (χ2v) is 18.2. The number of nitro groups is 1. The molecule has 0 aromatic heterocycles.